The van der Waals surface area contributed by atoms with Crippen molar-refractivity contribution in [2.24, 2.45) is 0 Å². The van der Waals surface area contributed by atoms with Crippen molar-refractivity contribution in [1.29, 1.82) is 0 Å². The predicted octanol–water partition coefficient (Wildman–Crippen LogP) is 2.06. The van der Waals surface area contributed by atoms with E-state index in [1.807, 2.05) is 7.05 Å². The number of rotatable bonds is 7. The minimum Gasteiger partial charge on any atom is -0.385 e. The Bertz CT molecular complexity index is 351. The van der Waals surface area contributed by atoms with Gasteiger partial charge in [0.15, 0.2) is 0 Å². The molecule has 1 aromatic carbocycles. The summed E-state index contributed by atoms with van der Waals surface area (Å²) in [5, 5.41) is 10.5. The van der Waals surface area contributed by atoms with Gasteiger partial charge in [-0.05, 0) is 19.0 Å². The zero-order valence-electron chi connectivity index (χ0n) is 10.3. The molecule has 0 aliphatic carbocycles. The normalized spacial score (nSPS) is 10.8. The molecule has 94 valence electrons. The molecule has 0 bridgehead atoms. The Labute approximate surface area is 101 Å². The van der Waals surface area contributed by atoms with Crippen LogP contribution in [0.3, 0.4) is 0 Å². The summed E-state index contributed by atoms with van der Waals surface area (Å²) in [6.45, 7) is 2.50. The summed E-state index contributed by atoms with van der Waals surface area (Å²) >= 11 is 0. The number of ether oxygens (including phenoxy) is 1. The largest absolute Gasteiger partial charge is 0.385 e. The van der Waals surface area contributed by atoms with Crippen LogP contribution in [0.1, 0.15) is 12.0 Å². The van der Waals surface area contributed by atoms with Gasteiger partial charge in [0.1, 0.15) is 0 Å². The van der Waals surface area contributed by atoms with Gasteiger partial charge in [-0.1, -0.05) is 12.1 Å². The van der Waals surface area contributed by atoms with Crippen molar-refractivity contribution < 1.29 is 9.66 Å². The second-order valence-electron chi connectivity index (χ2n) is 4.01. The first kappa shape index (κ1) is 13.6. The highest BCUT2D eigenvalue weighted by Gasteiger charge is 2.05. The van der Waals surface area contributed by atoms with Crippen LogP contribution in [0.25, 0.3) is 0 Å². The molecule has 0 aliphatic rings. The molecule has 0 atom stereocenters. The van der Waals surface area contributed by atoms with E-state index < -0.39 is 0 Å². The molecule has 1 rings (SSSR count). The van der Waals surface area contributed by atoms with Crippen LogP contribution in [0.2, 0.25) is 0 Å². The number of nitrogens with zero attached hydrogens (tertiary/aromatic N) is 2. The number of nitro benzene ring substituents is 1. The number of methoxy groups -OCH3 is 1. The highest BCUT2D eigenvalue weighted by atomic mass is 16.6. The third-order valence-electron chi connectivity index (χ3n) is 2.49. The molecule has 0 aliphatic heterocycles. The van der Waals surface area contributed by atoms with Gasteiger partial charge in [-0.25, -0.2) is 0 Å². The van der Waals surface area contributed by atoms with Crippen LogP contribution < -0.4 is 0 Å². The van der Waals surface area contributed by atoms with E-state index in [4.69, 9.17) is 4.74 Å². The van der Waals surface area contributed by atoms with Crippen molar-refractivity contribution in [1.82, 2.24) is 4.90 Å². The fraction of sp³-hybridized carbons (Fsp3) is 0.500. The predicted molar refractivity (Wildman–Crippen MR) is 65.9 cm³/mol. The summed E-state index contributed by atoms with van der Waals surface area (Å²) in [5.74, 6) is 0. The standard InChI is InChI=1S/C12H18N2O3/c1-13(8-3-9-17-2)10-11-4-6-12(7-5-11)14(15)16/h4-7H,3,8-10H2,1-2H3. The Hall–Kier alpha value is -1.46. The van der Waals surface area contributed by atoms with Crippen molar-refractivity contribution in [2.75, 3.05) is 27.3 Å². The molecule has 0 heterocycles. The van der Waals surface area contributed by atoms with E-state index in [-0.39, 0.29) is 10.6 Å². The first-order valence-electron chi connectivity index (χ1n) is 5.54. The molecule has 0 aromatic heterocycles. The van der Waals surface area contributed by atoms with Gasteiger partial charge < -0.3 is 9.64 Å². The maximum Gasteiger partial charge on any atom is 0.269 e. The average molecular weight is 238 g/mol. The van der Waals surface area contributed by atoms with Gasteiger partial charge in [-0.3, -0.25) is 10.1 Å². The van der Waals surface area contributed by atoms with Crippen LogP contribution >= 0.6 is 0 Å². The summed E-state index contributed by atoms with van der Waals surface area (Å²) < 4.78 is 4.98. The van der Waals surface area contributed by atoms with E-state index in [9.17, 15) is 10.1 Å². The Balaban J connectivity index is 2.43. The molecule has 0 fully saturated rings. The van der Waals surface area contributed by atoms with Crippen LogP contribution in [0.5, 0.6) is 0 Å². The van der Waals surface area contributed by atoms with Gasteiger partial charge in [0, 0.05) is 38.9 Å². The fourth-order valence-corrected chi connectivity index (χ4v) is 1.59. The maximum atomic E-state index is 10.5. The highest BCUT2D eigenvalue weighted by molar-refractivity contribution is 5.32. The number of benzene rings is 1. The van der Waals surface area contributed by atoms with E-state index in [2.05, 4.69) is 4.90 Å². The van der Waals surface area contributed by atoms with E-state index >= 15 is 0 Å². The molecule has 1 aromatic rings. The lowest BCUT2D eigenvalue weighted by Crippen LogP contribution is -2.20. The lowest BCUT2D eigenvalue weighted by molar-refractivity contribution is -0.384. The second kappa shape index (κ2) is 6.98. The van der Waals surface area contributed by atoms with Crippen molar-refractivity contribution >= 4 is 5.69 Å². The molecule has 0 unspecified atom stereocenters. The summed E-state index contributed by atoms with van der Waals surface area (Å²) in [6, 6.07) is 6.67. The SMILES string of the molecule is COCCCN(C)Cc1ccc([N+](=O)[O-])cc1. The van der Waals surface area contributed by atoms with Crippen molar-refractivity contribution in [3.05, 3.63) is 39.9 Å². The van der Waals surface area contributed by atoms with E-state index in [1.54, 1.807) is 31.4 Å². The molecule has 5 heteroatoms. The molecule has 0 N–H and O–H groups in total. The minimum atomic E-state index is -0.383. The molecule has 0 amide bonds. The maximum absolute atomic E-state index is 10.5. The number of nitro groups is 1. The number of non-ortho nitro benzene ring substituents is 1. The van der Waals surface area contributed by atoms with Gasteiger partial charge in [0.05, 0.1) is 4.92 Å². The topological polar surface area (TPSA) is 55.6 Å². The van der Waals surface area contributed by atoms with Crippen LogP contribution in [0.4, 0.5) is 5.69 Å². The molecule has 0 radical (unpaired) electrons. The summed E-state index contributed by atoms with van der Waals surface area (Å²) in [5.41, 5.74) is 1.21. The van der Waals surface area contributed by atoms with Crippen LogP contribution in [0.15, 0.2) is 24.3 Å². The van der Waals surface area contributed by atoms with Crippen LogP contribution in [-0.2, 0) is 11.3 Å². The van der Waals surface area contributed by atoms with E-state index in [0.29, 0.717) is 0 Å². The van der Waals surface area contributed by atoms with Gasteiger partial charge >= 0.3 is 0 Å². The van der Waals surface area contributed by atoms with Gasteiger partial charge in [-0.2, -0.15) is 0 Å². The average Bonchev–Trinajstić information content (AvgIpc) is 2.30. The second-order valence-corrected chi connectivity index (χ2v) is 4.01. The van der Waals surface area contributed by atoms with Gasteiger partial charge in [0.2, 0.25) is 0 Å². The molecule has 0 spiro atoms. The molecule has 5 nitrogen and oxygen atoms in total. The fourth-order valence-electron chi connectivity index (χ4n) is 1.59. The zero-order chi connectivity index (χ0) is 12.7. The molecule has 17 heavy (non-hydrogen) atoms. The number of hydrogen-bond donors (Lipinski definition) is 0. The van der Waals surface area contributed by atoms with Gasteiger partial charge in [0.25, 0.3) is 5.69 Å². The smallest absolute Gasteiger partial charge is 0.269 e. The zero-order valence-corrected chi connectivity index (χ0v) is 10.3. The first-order valence-corrected chi connectivity index (χ1v) is 5.54. The van der Waals surface area contributed by atoms with Crippen LogP contribution in [0, 0.1) is 10.1 Å². The Kier molecular flexibility index (Phi) is 5.59. The monoisotopic (exact) mass is 238 g/mol. The van der Waals surface area contributed by atoms with Crippen molar-refractivity contribution in [3.8, 4) is 0 Å². The Morgan fingerprint density at radius 3 is 2.53 bits per heavy atom. The summed E-state index contributed by atoms with van der Waals surface area (Å²) in [4.78, 5) is 12.3. The van der Waals surface area contributed by atoms with Crippen molar-refractivity contribution in [3.63, 3.8) is 0 Å². The van der Waals surface area contributed by atoms with E-state index in [1.165, 1.54) is 0 Å². The third-order valence-corrected chi connectivity index (χ3v) is 2.49. The lowest BCUT2D eigenvalue weighted by Gasteiger charge is -2.16. The van der Waals surface area contributed by atoms with Crippen molar-refractivity contribution in [2.45, 2.75) is 13.0 Å². The Morgan fingerprint density at radius 2 is 2.00 bits per heavy atom. The third kappa shape index (κ3) is 4.93. The molecule has 0 saturated carbocycles. The summed E-state index contributed by atoms with van der Waals surface area (Å²) in [7, 11) is 3.72. The first-order chi connectivity index (χ1) is 8.13. The minimum absolute atomic E-state index is 0.135. The molecular formula is C12H18N2O3. The highest BCUT2D eigenvalue weighted by Crippen LogP contribution is 2.13. The Morgan fingerprint density at radius 1 is 1.35 bits per heavy atom. The van der Waals surface area contributed by atoms with Gasteiger partial charge in [-0.15, -0.1) is 0 Å². The summed E-state index contributed by atoms with van der Waals surface area (Å²) in [6.07, 6.45) is 0.986. The molecule has 0 saturated heterocycles. The van der Waals surface area contributed by atoms with E-state index in [0.717, 1.165) is 31.7 Å². The lowest BCUT2D eigenvalue weighted by atomic mass is 10.2. The van der Waals surface area contributed by atoms with Crippen LogP contribution in [-0.4, -0.2) is 37.1 Å². The number of hydrogen-bond acceptors (Lipinski definition) is 4. The molecular weight excluding hydrogens is 220 g/mol. The quantitative estimate of drug-likeness (QED) is 0.414.